The molecule has 2 aromatic heterocycles. The highest BCUT2D eigenvalue weighted by atomic mass is 16.6. The largest absolute Gasteiger partial charge is 0.486 e. The molecule has 1 aliphatic rings. The van der Waals surface area contributed by atoms with Crippen molar-refractivity contribution in [3.8, 4) is 11.5 Å². The van der Waals surface area contributed by atoms with E-state index in [1.54, 1.807) is 48.8 Å². The summed E-state index contributed by atoms with van der Waals surface area (Å²) in [6.45, 7) is 5.97. The summed E-state index contributed by atoms with van der Waals surface area (Å²) in [4.78, 5) is 45.1. The second-order valence-corrected chi connectivity index (χ2v) is 9.17. The highest BCUT2D eigenvalue weighted by molar-refractivity contribution is 6.04. The smallest absolute Gasteiger partial charge is 0.287 e. The molecule has 0 spiro atoms. The number of carbonyl (C=O) groups excluding carboxylic acids is 3. The zero-order valence-corrected chi connectivity index (χ0v) is 20.3. The van der Waals surface area contributed by atoms with E-state index in [0.717, 1.165) is 0 Å². The summed E-state index contributed by atoms with van der Waals surface area (Å²) in [5, 5.41) is 5.53. The zero-order chi connectivity index (χ0) is 25.7. The van der Waals surface area contributed by atoms with Crippen LogP contribution in [0.5, 0.6) is 11.5 Å². The number of fused-ring (bicyclic) bond motifs is 1. The van der Waals surface area contributed by atoms with Crippen molar-refractivity contribution in [3.05, 3.63) is 72.4 Å². The minimum absolute atomic E-state index is 0.0739. The maximum absolute atomic E-state index is 13.7. The second kappa shape index (κ2) is 10.5. The Morgan fingerprint density at radius 1 is 1.03 bits per heavy atom. The molecule has 3 aromatic rings. The minimum Gasteiger partial charge on any atom is -0.486 e. The Balaban J connectivity index is 1.73. The summed E-state index contributed by atoms with van der Waals surface area (Å²) >= 11 is 0. The second-order valence-electron chi connectivity index (χ2n) is 9.17. The van der Waals surface area contributed by atoms with Gasteiger partial charge in [0.25, 0.3) is 5.91 Å². The lowest BCUT2D eigenvalue weighted by Gasteiger charge is -2.34. The van der Waals surface area contributed by atoms with Gasteiger partial charge >= 0.3 is 0 Å². The standard InChI is InChI=1S/C26H28N4O6/c1-26(2,3)29-25(33)23(17-8-10-27-11-9-17)30(18-6-7-19-21(15-18)36-14-13-35-19)22(31)16-28-24(32)20-5-4-12-34-20/h4-12,15,23H,13-14,16H2,1-3H3,(H,28,32)(H,29,33). The van der Waals surface area contributed by atoms with Crippen LogP contribution in [0.1, 0.15) is 42.9 Å². The Labute approximate surface area is 208 Å². The molecule has 2 N–H and O–H groups in total. The number of hydrogen-bond donors (Lipinski definition) is 2. The van der Waals surface area contributed by atoms with Crippen LogP contribution in [-0.4, -0.2) is 48.0 Å². The van der Waals surface area contributed by atoms with Gasteiger partial charge in [0.15, 0.2) is 17.3 Å². The van der Waals surface area contributed by atoms with E-state index in [1.165, 1.54) is 17.2 Å². The average Bonchev–Trinajstić information content (AvgIpc) is 3.40. The summed E-state index contributed by atoms with van der Waals surface area (Å²) in [7, 11) is 0. The fourth-order valence-electron chi connectivity index (χ4n) is 3.76. The van der Waals surface area contributed by atoms with Gasteiger partial charge < -0.3 is 24.5 Å². The van der Waals surface area contributed by atoms with E-state index in [4.69, 9.17) is 13.9 Å². The van der Waals surface area contributed by atoms with Crippen molar-refractivity contribution in [2.75, 3.05) is 24.7 Å². The summed E-state index contributed by atoms with van der Waals surface area (Å²) < 4.78 is 16.4. The van der Waals surface area contributed by atoms with Crippen molar-refractivity contribution in [1.82, 2.24) is 15.6 Å². The van der Waals surface area contributed by atoms with Crippen LogP contribution in [0.4, 0.5) is 5.69 Å². The van der Waals surface area contributed by atoms with Crippen LogP contribution >= 0.6 is 0 Å². The highest BCUT2D eigenvalue weighted by Gasteiger charge is 2.35. The SMILES string of the molecule is CC(C)(C)NC(=O)C(c1ccncc1)N(C(=O)CNC(=O)c1ccco1)c1ccc2c(c1)OCCO2. The number of carbonyl (C=O) groups is 3. The quantitative estimate of drug-likeness (QED) is 0.520. The molecule has 10 heteroatoms. The van der Waals surface area contributed by atoms with Crippen LogP contribution in [0.25, 0.3) is 0 Å². The van der Waals surface area contributed by atoms with Crippen LogP contribution in [0.3, 0.4) is 0 Å². The van der Waals surface area contributed by atoms with Crippen molar-refractivity contribution >= 4 is 23.4 Å². The number of ether oxygens (including phenoxy) is 2. The van der Waals surface area contributed by atoms with E-state index < -0.39 is 29.3 Å². The molecule has 0 radical (unpaired) electrons. The first kappa shape index (κ1) is 24.8. The molecule has 0 aliphatic carbocycles. The number of amides is 3. The number of aromatic nitrogens is 1. The third kappa shape index (κ3) is 5.83. The monoisotopic (exact) mass is 492 g/mol. The van der Waals surface area contributed by atoms with Gasteiger partial charge in [0.05, 0.1) is 12.8 Å². The fraction of sp³-hybridized carbons (Fsp3) is 0.308. The lowest BCUT2D eigenvalue weighted by molar-refractivity contribution is -0.127. The third-order valence-corrected chi connectivity index (χ3v) is 5.24. The number of nitrogens with one attached hydrogen (secondary N) is 2. The third-order valence-electron chi connectivity index (χ3n) is 5.24. The van der Waals surface area contributed by atoms with Gasteiger partial charge in [-0.05, 0) is 62.7 Å². The number of rotatable bonds is 7. The molecule has 4 rings (SSSR count). The van der Waals surface area contributed by atoms with E-state index in [-0.39, 0.29) is 12.3 Å². The van der Waals surface area contributed by atoms with Gasteiger partial charge in [0.1, 0.15) is 19.3 Å². The van der Waals surface area contributed by atoms with Crippen LogP contribution in [0, 0.1) is 0 Å². The highest BCUT2D eigenvalue weighted by Crippen LogP contribution is 2.37. The molecule has 1 aromatic carbocycles. The molecule has 1 aliphatic heterocycles. The average molecular weight is 493 g/mol. The van der Waals surface area contributed by atoms with Gasteiger partial charge in [-0.3, -0.25) is 24.3 Å². The molecular formula is C26H28N4O6. The maximum atomic E-state index is 13.7. The Kier molecular flexibility index (Phi) is 7.23. The van der Waals surface area contributed by atoms with E-state index in [0.29, 0.717) is 36.0 Å². The van der Waals surface area contributed by atoms with Crippen molar-refractivity contribution in [2.24, 2.45) is 0 Å². The summed E-state index contributed by atoms with van der Waals surface area (Å²) in [6.07, 6.45) is 4.48. The van der Waals surface area contributed by atoms with Crippen LogP contribution < -0.4 is 25.0 Å². The van der Waals surface area contributed by atoms with E-state index in [2.05, 4.69) is 15.6 Å². The van der Waals surface area contributed by atoms with E-state index in [9.17, 15) is 14.4 Å². The number of furan rings is 1. The van der Waals surface area contributed by atoms with Gasteiger partial charge in [0.2, 0.25) is 11.8 Å². The number of nitrogens with zero attached hydrogens (tertiary/aromatic N) is 2. The number of pyridine rings is 1. The predicted molar refractivity (Wildman–Crippen MR) is 131 cm³/mol. The molecule has 188 valence electrons. The normalized spacial score (nSPS) is 13.4. The molecule has 0 fully saturated rings. The molecule has 10 nitrogen and oxygen atoms in total. The molecule has 36 heavy (non-hydrogen) atoms. The minimum atomic E-state index is -1.05. The zero-order valence-electron chi connectivity index (χ0n) is 20.3. The molecule has 0 bridgehead atoms. The van der Waals surface area contributed by atoms with E-state index in [1.807, 2.05) is 20.8 Å². The Morgan fingerprint density at radius 3 is 2.42 bits per heavy atom. The van der Waals surface area contributed by atoms with Crippen LogP contribution in [0.15, 0.2) is 65.5 Å². The van der Waals surface area contributed by atoms with Gasteiger partial charge in [-0.15, -0.1) is 0 Å². The first-order valence-electron chi connectivity index (χ1n) is 11.5. The molecule has 3 amide bonds. The number of hydrogen-bond acceptors (Lipinski definition) is 7. The molecule has 3 heterocycles. The van der Waals surface area contributed by atoms with E-state index >= 15 is 0 Å². The molecule has 1 atom stereocenters. The van der Waals surface area contributed by atoms with Crippen molar-refractivity contribution in [1.29, 1.82) is 0 Å². The van der Waals surface area contributed by atoms with Gasteiger partial charge in [-0.25, -0.2) is 0 Å². The Hall–Kier alpha value is -4.34. The lowest BCUT2D eigenvalue weighted by Crippen LogP contribution is -2.51. The topological polar surface area (TPSA) is 123 Å². The van der Waals surface area contributed by atoms with Gasteiger partial charge in [-0.2, -0.15) is 0 Å². The number of benzene rings is 1. The van der Waals surface area contributed by atoms with Crippen molar-refractivity contribution in [2.45, 2.75) is 32.4 Å². The first-order valence-corrected chi connectivity index (χ1v) is 11.5. The fourth-order valence-corrected chi connectivity index (χ4v) is 3.76. The summed E-state index contributed by atoms with van der Waals surface area (Å²) in [6, 6.07) is 10.4. The van der Waals surface area contributed by atoms with Crippen LogP contribution in [-0.2, 0) is 9.59 Å². The van der Waals surface area contributed by atoms with Gasteiger partial charge in [0, 0.05) is 29.7 Å². The maximum Gasteiger partial charge on any atom is 0.287 e. The summed E-state index contributed by atoms with van der Waals surface area (Å²) in [5.74, 6) is -0.379. The van der Waals surface area contributed by atoms with Crippen LogP contribution in [0.2, 0.25) is 0 Å². The molecule has 0 saturated carbocycles. The van der Waals surface area contributed by atoms with Gasteiger partial charge in [-0.1, -0.05) is 0 Å². The van der Waals surface area contributed by atoms with Crippen molar-refractivity contribution in [3.63, 3.8) is 0 Å². The Bertz CT molecular complexity index is 1220. The Morgan fingerprint density at radius 2 is 1.75 bits per heavy atom. The molecule has 0 saturated heterocycles. The number of anilines is 1. The predicted octanol–water partition coefficient (Wildman–Crippen LogP) is 2.86. The summed E-state index contributed by atoms with van der Waals surface area (Å²) in [5.41, 5.74) is 0.395. The lowest BCUT2D eigenvalue weighted by atomic mass is 10.0. The molecule has 1 unspecified atom stereocenters. The molecular weight excluding hydrogens is 464 g/mol. The van der Waals surface area contributed by atoms with Crippen molar-refractivity contribution < 1.29 is 28.3 Å². The first-order chi connectivity index (χ1) is 17.2.